The number of nitrogens with zero attached hydrogens (tertiary/aromatic N) is 1. The van der Waals surface area contributed by atoms with Gasteiger partial charge in [-0.15, -0.1) is 0 Å². The Morgan fingerprint density at radius 3 is 2.56 bits per heavy atom. The standard InChI is InChI=1S/C19H21ClN2O3/c1-13-6-4-5-7-16(13)19(24)21-10-11-22(14(2)23)17-12-15(20)8-9-18(17)25-3/h4-9,12H,10-11H2,1-3H3,(H,21,24). The summed E-state index contributed by atoms with van der Waals surface area (Å²) >= 11 is 6.04. The minimum absolute atomic E-state index is 0.161. The van der Waals surface area contributed by atoms with Crippen LogP contribution in [0.4, 0.5) is 5.69 Å². The molecule has 0 fully saturated rings. The molecule has 0 bridgehead atoms. The number of halogens is 1. The molecule has 5 nitrogen and oxygen atoms in total. The van der Waals surface area contributed by atoms with E-state index in [1.54, 1.807) is 24.3 Å². The van der Waals surface area contributed by atoms with Crippen molar-refractivity contribution in [2.24, 2.45) is 0 Å². The van der Waals surface area contributed by atoms with Crippen LogP contribution >= 0.6 is 11.6 Å². The summed E-state index contributed by atoms with van der Waals surface area (Å²) in [5, 5.41) is 3.35. The number of methoxy groups -OCH3 is 1. The Morgan fingerprint density at radius 2 is 1.92 bits per heavy atom. The van der Waals surface area contributed by atoms with Gasteiger partial charge in [-0.3, -0.25) is 9.59 Å². The number of rotatable bonds is 6. The fraction of sp³-hybridized carbons (Fsp3) is 0.263. The maximum atomic E-state index is 12.3. The van der Waals surface area contributed by atoms with Crippen LogP contribution in [0.25, 0.3) is 0 Å². The summed E-state index contributed by atoms with van der Waals surface area (Å²) < 4.78 is 5.30. The normalized spacial score (nSPS) is 10.2. The summed E-state index contributed by atoms with van der Waals surface area (Å²) in [6, 6.07) is 12.4. The molecular formula is C19H21ClN2O3. The molecule has 0 aromatic heterocycles. The number of carbonyl (C=O) groups is 2. The predicted octanol–water partition coefficient (Wildman–Crippen LogP) is 3.44. The Bertz CT molecular complexity index is 777. The van der Waals surface area contributed by atoms with Crippen molar-refractivity contribution >= 4 is 29.1 Å². The molecule has 0 heterocycles. The van der Waals surface area contributed by atoms with Crippen LogP contribution in [0.15, 0.2) is 42.5 Å². The molecule has 2 aromatic rings. The average molecular weight is 361 g/mol. The number of aryl methyl sites for hydroxylation is 1. The second-order valence-electron chi connectivity index (χ2n) is 5.56. The van der Waals surface area contributed by atoms with Crippen LogP contribution < -0.4 is 15.0 Å². The number of benzene rings is 2. The van der Waals surface area contributed by atoms with Gasteiger partial charge in [0.2, 0.25) is 5.91 Å². The van der Waals surface area contributed by atoms with Crippen molar-refractivity contribution in [1.82, 2.24) is 5.32 Å². The SMILES string of the molecule is COc1ccc(Cl)cc1N(CCNC(=O)c1ccccc1C)C(C)=O. The van der Waals surface area contributed by atoms with Gasteiger partial charge in [0.05, 0.1) is 12.8 Å². The Morgan fingerprint density at radius 1 is 1.20 bits per heavy atom. The monoisotopic (exact) mass is 360 g/mol. The van der Waals surface area contributed by atoms with Crippen molar-refractivity contribution in [1.29, 1.82) is 0 Å². The van der Waals surface area contributed by atoms with Crippen LogP contribution in [0.1, 0.15) is 22.8 Å². The Balaban J connectivity index is 2.09. The molecule has 1 N–H and O–H groups in total. The molecule has 0 aliphatic rings. The fourth-order valence-electron chi connectivity index (χ4n) is 2.53. The van der Waals surface area contributed by atoms with Gasteiger partial charge in [0, 0.05) is 30.6 Å². The topological polar surface area (TPSA) is 58.6 Å². The molecule has 2 rings (SSSR count). The smallest absolute Gasteiger partial charge is 0.251 e. The van der Waals surface area contributed by atoms with Crippen LogP contribution in [0.5, 0.6) is 5.75 Å². The zero-order valence-electron chi connectivity index (χ0n) is 14.5. The van der Waals surface area contributed by atoms with Gasteiger partial charge in [-0.25, -0.2) is 0 Å². The van der Waals surface area contributed by atoms with Gasteiger partial charge in [-0.1, -0.05) is 29.8 Å². The summed E-state index contributed by atoms with van der Waals surface area (Å²) in [5.41, 5.74) is 2.10. The van der Waals surface area contributed by atoms with Crippen LogP contribution in [0, 0.1) is 6.92 Å². The van der Waals surface area contributed by atoms with E-state index in [-0.39, 0.29) is 11.8 Å². The van der Waals surface area contributed by atoms with E-state index < -0.39 is 0 Å². The van der Waals surface area contributed by atoms with E-state index in [1.165, 1.54) is 18.9 Å². The van der Waals surface area contributed by atoms with Crippen LogP contribution in [0.3, 0.4) is 0 Å². The zero-order chi connectivity index (χ0) is 18.4. The van der Waals surface area contributed by atoms with Crippen molar-refractivity contribution in [2.75, 3.05) is 25.1 Å². The van der Waals surface area contributed by atoms with Crippen molar-refractivity contribution in [3.8, 4) is 5.75 Å². The first kappa shape index (κ1) is 18.8. The molecule has 0 aliphatic heterocycles. The highest BCUT2D eigenvalue weighted by Gasteiger charge is 2.17. The molecule has 0 saturated heterocycles. The van der Waals surface area contributed by atoms with Crippen LogP contribution in [0.2, 0.25) is 5.02 Å². The van der Waals surface area contributed by atoms with E-state index >= 15 is 0 Å². The van der Waals surface area contributed by atoms with E-state index in [1.807, 2.05) is 25.1 Å². The third kappa shape index (κ3) is 4.73. The largest absolute Gasteiger partial charge is 0.495 e. The van der Waals surface area contributed by atoms with E-state index in [0.717, 1.165) is 5.56 Å². The number of carbonyl (C=O) groups excluding carboxylic acids is 2. The molecule has 0 aliphatic carbocycles. The molecule has 2 amide bonds. The molecule has 2 aromatic carbocycles. The van der Waals surface area contributed by atoms with Gasteiger partial charge in [0.25, 0.3) is 5.91 Å². The quantitative estimate of drug-likeness (QED) is 0.858. The highest BCUT2D eigenvalue weighted by Crippen LogP contribution is 2.31. The molecule has 0 spiro atoms. The number of ether oxygens (including phenoxy) is 1. The van der Waals surface area contributed by atoms with E-state index in [2.05, 4.69) is 5.32 Å². The predicted molar refractivity (Wildman–Crippen MR) is 99.5 cm³/mol. The van der Waals surface area contributed by atoms with Crippen LogP contribution in [-0.4, -0.2) is 32.0 Å². The summed E-state index contributed by atoms with van der Waals surface area (Å²) in [7, 11) is 1.53. The van der Waals surface area contributed by atoms with E-state index in [0.29, 0.717) is 35.1 Å². The van der Waals surface area contributed by atoms with E-state index in [4.69, 9.17) is 16.3 Å². The molecular weight excluding hydrogens is 340 g/mol. The third-order valence-electron chi connectivity index (χ3n) is 3.82. The second kappa shape index (κ2) is 8.53. The summed E-state index contributed by atoms with van der Waals surface area (Å²) in [6.45, 7) is 3.96. The first-order valence-corrected chi connectivity index (χ1v) is 8.27. The minimum atomic E-state index is -0.167. The summed E-state index contributed by atoms with van der Waals surface area (Å²) in [4.78, 5) is 25.8. The molecule has 6 heteroatoms. The third-order valence-corrected chi connectivity index (χ3v) is 4.06. The van der Waals surface area contributed by atoms with Crippen molar-refractivity contribution in [3.05, 3.63) is 58.6 Å². The fourth-order valence-corrected chi connectivity index (χ4v) is 2.69. The van der Waals surface area contributed by atoms with Gasteiger partial charge in [-0.05, 0) is 36.8 Å². The lowest BCUT2D eigenvalue weighted by Crippen LogP contribution is -2.38. The molecule has 0 saturated carbocycles. The Hall–Kier alpha value is -2.53. The molecule has 0 radical (unpaired) electrons. The number of anilines is 1. The highest BCUT2D eigenvalue weighted by molar-refractivity contribution is 6.31. The number of hydrogen-bond acceptors (Lipinski definition) is 3. The molecule has 0 unspecified atom stereocenters. The van der Waals surface area contributed by atoms with Gasteiger partial charge >= 0.3 is 0 Å². The summed E-state index contributed by atoms with van der Waals surface area (Å²) in [5.74, 6) is 0.218. The van der Waals surface area contributed by atoms with E-state index in [9.17, 15) is 9.59 Å². The average Bonchev–Trinajstić information content (AvgIpc) is 2.58. The van der Waals surface area contributed by atoms with Gasteiger partial charge in [0.15, 0.2) is 0 Å². The maximum absolute atomic E-state index is 12.3. The lowest BCUT2D eigenvalue weighted by Gasteiger charge is -2.23. The lowest BCUT2D eigenvalue weighted by molar-refractivity contribution is -0.116. The first-order chi connectivity index (χ1) is 11.9. The lowest BCUT2D eigenvalue weighted by atomic mass is 10.1. The molecule has 132 valence electrons. The molecule has 0 atom stereocenters. The Labute approximate surface area is 152 Å². The van der Waals surface area contributed by atoms with Crippen molar-refractivity contribution in [2.45, 2.75) is 13.8 Å². The van der Waals surface area contributed by atoms with Crippen molar-refractivity contribution < 1.29 is 14.3 Å². The Kier molecular flexibility index (Phi) is 6.42. The molecule has 25 heavy (non-hydrogen) atoms. The second-order valence-corrected chi connectivity index (χ2v) is 5.99. The van der Waals surface area contributed by atoms with Crippen molar-refractivity contribution in [3.63, 3.8) is 0 Å². The summed E-state index contributed by atoms with van der Waals surface area (Å²) in [6.07, 6.45) is 0. The first-order valence-electron chi connectivity index (χ1n) is 7.89. The van der Waals surface area contributed by atoms with Gasteiger partial charge in [0.1, 0.15) is 5.75 Å². The zero-order valence-corrected chi connectivity index (χ0v) is 15.3. The number of hydrogen-bond donors (Lipinski definition) is 1. The number of amides is 2. The van der Waals surface area contributed by atoms with Gasteiger partial charge in [-0.2, -0.15) is 0 Å². The van der Waals surface area contributed by atoms with Gasteiger partial charge < -0.3 is 15.0 Å². The minimum Gasteiger partial charge on any atom is -0.495 e. The number of nitrogens with one attached hydrogen (secondary N) is 1. The van der Waals surface area contributed by atoms with Crippen LogP contribution in [-0.2, 0) is 4.79 Å². The highest BCUT2D eigenvalue weighted by atomic mass is 35.5. The maximum Gasteiger partial charge on any atom is 0.251 e.